The van der Waals surface area contributed by atoms with Crippen molar-refractivity contribution in [2.75, 3.05) is 32.7 Å². The zero-order chi connectivity index (χ0) is 18.1. The lowest BCUT2D eigenvalue weighted by molar-refractivity contribution is -0.143. The van der Waals surface area contributed by atoms with Gasteiger partial charge in [-0.3, -0.25) is 14.5 Å². The minimum absolute atomic E-state index is 0.0382. The Kier molecular flexibility index (Phi) is 5.60. The van der Waals surface area contributed by atoms with E-state index in [0.717, 1.165) is 25.9 Å². The maximum atomic E-state index is 13.0. The lowest BCUT2D eigenvalue weighted by Crippen LogP contribution is -2.62. The van der Waals surface area contributed by atoms with Crippen molar-refractivity contribution in [1.29, 1.82) is 0 Å². The maximum Gasteiger partial charge on any atom is 0.248 e. The number of hydrogen-bond donors (Lipinski definition) is 2. The van der Waals surface area contributed by atoms with Crippen molar-refractivity contribution < 1.29 is 14.7 Å². The summed E-state index contributed by atoms with van der Waals surface area (Å²) in [6, 6.07) is 0. The van der Waals surface area contributed by atoms with Gasteiger partial charge in [-0.05, 0) is 31.1 Å². The van der Waals surface area contributed by atoms with E-state index in [-0.39, 0.29) is 29.3 Å². The number of nitrogens with one attached hydrogen (secondary N) is 1. The lowest BCUT2D eigenvalue weighted by atomic mass is 9.88. The number of hydrogen-bond acceptors (Lipinski definition) is 4. The van der Waals surface area contributed by atoms with Crippen molar-refractivity contribution in [1.82, 2.24) is 15.1 Å². The van der Waals surface area contributed by atoms with Crippen LogP contribution in [0.2, 0.25) is 0 Å². The molecule has 6 nitrogen and oxygen atoms in total. The Balaban J connectivity index is 1.91. The van der Waals surface area contributed by atoms with Crippen molar-refractivity contribution in [3.63, 3.8) is 0 Å². The van der Waals surface area contributed by atoms with Crippen molar-refractivity contribution in [2.45, 2.75) is 59.1 Å². The Morgan fingerprint density at radius 2 is 1.67 bits per heavy atom. The summed E-state index contributed by atoms with van der Waals surface area (Å²) in [7, 11) is 0. The van der Waals surface area contributed by atoms with Crippen LogP contribution in [0.5, 0.6) is 0 Å². The Bertz CT molecular complexity index is 476. The molecule has 0 spiro atoms. The van der Waals surface area contributed by atoms with Crippen LogP contribution in [0.25, 0.3) is 0 Å². The molecule has 24 heavy (non-hydrogen) atoms. The second-order valence-electron chi connectivity index (χ2n) is 8.63. The van der Waals surface area contributed by atoms with Crippen LogP contribution in [0, 0.1) is 11.3 Å². The van der Waals surface area contributed by atoms with E-state index in [2.05, 4.69) is 10.2 Å². The number of aliphatic hydroxyl groups is 1. The van der Waals surface area contributed by atoms with Crippen molar-refractivity contribution in [2.24, 2.45) is 11.3 Å². The zero-order valence-corrected chi connectivity index (χ0v) is 15.8. The van der Waals surface area contributed by atoms with Crippen LogP contribution >= 0.6 is 0 Å². The van der Waals surface area contributed by atoms with Crippen molar-refractivity contribution in [3.05, 3.63) is 0 Å². The molecule has 1 heterocycles. The van der Waals surface area contributed by atoms with E-state index in [1.54, 1.807) is 0 Å². The Labute approximate surface area is 145 Å². The largest absolute Gasteiger partial charge is 0.391 e. The van der Waals surface area contributed by atoms with Gasteiger partial charge in [-0.2, -0.15) is 0 Å². The monoisotopic (exact) mass is 339 g/mol. The highest BCUT2D eigenvalue weighted by Crippen LogP contribution is 2.40. The highest BCUT2D eigenvalue weighted by Gasteiger charge is 2.49. The summed E-state index contributed by atoms with van der Waals surface area (Å²) in [6.07, 6.45) is 1.62. The summed E-state index contributed by atoms with van der Waals surface area (Å²) in [5.41, 5.74) is -0.901. The van der Waals surface area contributed by atoms with Crippen LogP contribution in [-0.4, -0.2) is 71.1 Å². The molecule has 2 amide bonds. The Morgan fingerprint density at radius 1 is 1.12 bits per heavy atom. The van der Waals surface area contributed by atoms with E-state index in [4.69, 9.17) is 0 Å². The second kappa shape index (κ2) is 7.00. The normalized spacial score (nSPS) is 23.5. The van der Waals surface area contributed by atoms with Crippen LogP contribution < -0.4 is 5.32 Å². The molecule has 1 aliphatic carbocycles. The van der Waals surface area contributed by atoms with Crippen LogP contribution in [0.15, 0.2) is 0 Å². The number of piperazine rings is 1. The molecule has 6 heteroatoms. The molecule has 0 aromatic heterocycles. The van der Waals surface area contributed by atoms with E-state index in [9.17, 15) is 14.7 Å². The number of nitrogens with zero attached hydrogens (tertiary/aromatic N) is 2. The number of carbonyl (C=O) groups is 2. The minimum Gasteiger partial charge on any atom is -0.391 e. The highest BCUT2D eigenvalue weighted by atomic mass is 16.3. The van der Waals surface area contributed by atoms with Crippen molar-refractivity contribution >= 4 is 11.8 Å². The first-order valence-electron chi connectivity index (χ1n) is 9.02. The van der Waals surface area contributed by atoms with E-state index in [1.165, 1.54) is 6.92 Å². The van der Waals surface area contributed by atoms with Crippen LogP contribution in [-0.2, 0) is 9.59 Å². The topological polar surface area (TPSA) is 72.9 Å². The van der Waals surface area contributed by atoms with E-state index in [1.807, 2.05) is 32.6 Å². The maximum absolute atomic E-state index is 13.0. The molecule has 0 aromatic rings. The zero-order valence-electron chi connectivity index (χ0n) is 15.8. The van der Waals surface area contributed by atoms with Gasteiger partial charge in [0.05, 0.1) is 6.10 Å². The number of amides is 2. The van der Waals surface area contributed by atoms with E-state index < -0.39 is 5.54 Å². The number of aliphatic hydroxyl groups excluding tert-OH is 1. The molecular weight excluding hydrogens is 306 g/mol. The summed E-state index contributed by atoms with van der Waals surface area (Å²) < 4.78 is 0. The molecule has 2 aliphatic rings. The van der Waals surface area contributed by atoms with Gasteiger partial charge >= 0.3 is 0 Å². The molecule has 0 unspecified atom stereocenters. The Hall–Kier alpha value is -1.14. The van der Waals surface area contributed by atoms with Gasteiger partial charge in [-0.25, -0.2) is 0 Å². The third-order valence-electron chi connectivity index (χ3n) is 5.36. The Morgan fingerprint density at radius 3 is 2.08 bits per heavy atom. The third-order valence-corrected chi connectivity index (χ3v) is 5.36. The summed E-state index contributed by atoms with van der Waals surface area (Å²) in [5.74, 6) is 0.149. The molecule has 138 valence electrons. The van der Waals surface area contributed by atoms with Gasteiger partial charge in [0.1, 0.15) is 5.54 Å². The first kappa shape index (κ1) is 19.2. The average Bonchev–Trinajstić information content (AvgIpc) is 3.30. The number of rotatable bonds is 5. The summed E-state index contributed by atoms with van der Waals surface area (Å²) in [6.45, 7) is 12.9. The van der Waals surface area contributed by atoms with Crippen LogP contribution in [0.1, 0.15) is 47.5 Å². The molecule has 1 saturated carbocycles. The predicted octanol–water partition coefficient (Wildman–Crippen LogP) is 0.842. The fourth-order valence-electron chi connectivity index (χ4n) is 3.34. The van der Waals surface area contributed by atoms with Gasteiger partial charge in [0.25, 0.3) is 0 Å². The van der Waals surface area contributed by atoms with Crippen LogP contribution in [0.4, 0.5) is 0 Å². The molecule has 0 radical (unpaired) electrons. The summed E-state index contributed by atoms with van der Waals surface area (Å²) in [4.78, 5) is 28.6. The second-order valence-corrected chi connectivity index (χ2v) is 8.63. The first-order chi connectivity index (χ1) is 11.0. The molecule has 2 atom stereocenters. The highest BCUT2D eigenvalue weighted by molar-refractivity contribution is 5.91. The minimum atomic E-state index is -0.765. The quantitative estimate of drug-likeness (QED) is 0.779. The number of β-amino-alcohol motifs (C(OH)–C–C–N with tert-alkyl or cyclic N) is 1. The van der Waals surface area contributed by atoms with Gasteiger partial charge in [0.15, 0.2) is 0 Å². The van der Waals surface area contributed by atoms with Gasteiger partial charge < -0.3 is 15.3 Å². The van der Waals surface area contributed by atoms with Gasteiger partial charge in [0, 0.05) is 39.6 Å². The van der Waals surface area contributed by atoms with E-state index in [0.29, 0.717) is 19.6 Å². The molecular formula is C18H33N3O3. The SMILES string of the molecule is CC(=O)N[C@](C)(C(=O)N1CCN(C[C@H](O)C(C)(C)C)CC1)C1CC1. The third kappa shape index (κ3) is 4.48. The predicted molar refractivity (Wildman–Crippen MR) is 93.4 cm³/mol. The van der Waals surface area contributed by atoms with Crippen LogP contribution in [0.3, 0.4) is 0 Å². The first-order valence-corrected chi connectivity index (χ1v) is 9.02. The molecule has 0 aromatic carbocycles. The van der Waals surface area contributed by atoms with Gasteiger partial charge in [-0.15, -0.1) is 0 Å². The smallest absolute Gasteiger partial charge is 0.248 e. The molecule has 0 bridgehead atoms. The van der Waals surface area contributed by atoms with Gasteiger partial charge in [0.2, 0.25) is 11.8 Å². The molecule has 1 aliphatic heterocycles. The number of carbonyl (C=O) groups excluding carboxylic acids is 2. The van der Waals surface area contributed by atoms with Crippen molar-refractivity contribution in [3.8, 4) is 0 Å². The average molecular weight is 339 g/mol. The van der Waals surface area contributed by atoms with Gasteiger partial charge in [-0.1, -0.05) is 20.8 Å². The molecule has 1 saturated heterocycles. The molecule has 2 fully saturated rings. The standard InChI is InChI=1S/C18H33N3O3/c1-13(22)19-18(5,14-6-7-14)16(24)21-10-8-20(9-11-21)12-15(23)17(2,3)4/h14-15,23H,6-12H2,1-5H3,(H,19,22)/t15-,18-/m0/s1. The summed E-state index contributed by atoms with van der Waals surface area (Å²) >= 11 is 0. The fraction of sp³-hybridized carbons (Fsp3) is 0.889. The summed E-state index contributed by atoms with van der Waals surface area (Å²) in [5, 5.41) is 13.1. The van der Waals surface area contributed by atoms with E-state index >= 15 is 0 Å². The molecule has 2 rings (SSSR count). The lowest BCUT2D eigenvalue weighted by Gasteiger charge is -2.41. The fourth-order valence-corrected chi connectivity index (χ4v) is 3.34. The molecule has 2 N–H and O–H groups in total.